The Balaban J connectivity index is 2.20. The van der Waals surface area contributed by atoms with Gasteiger partial charge in [-0.05, 0) is 31.0 Å². The number of anilines is 1. The third kappa shape index (κ3) is 2.29. The van der Waals surface area contributed by atoms with Gasteiger partial charge in [-0.25, -0.2) is 4.98 Å². The molecule has 2 nitrogen and oxygen atoms in total. The van der Waals surface area contributed by atoms with Crippen molar-refractivity contribution in [3.05, 3.63) is 23.7 Å². The number of rotatable bonds is 4. The molecule has 0 aliphatic heterocycles. The van der Waals surface area contributed by atoms with Gasteiger partial charge in [-0.3, -0.25) is 0 Å². The van der Waals surface area contributed by atoms with E-state index in [2.05, 4.69) is 42.3 Å². The second kappa shape index (κ2) is 4.62. The average Bonchev–Trinajstić information content (AvgIpc) is 2.73. The highest BCUT2D eigenvalue weighted by Gasteiger charge is 2.04. The molecule has 1 aromatic carbocycles. The van der Waals surface area contributed by atoms with E-state index in [4.69, 9.17) is 0 Å². The van der Waals surface area contributed by atoms with Gasteiger partial charge in [0, 0.05) is 11.7 Å². The van der Waals surface area contributed by atoms with Crippen molar-refractivity contribution in [3.8, 4) is 0 Å². The fourth-order valence-electron chi connectivity index (χ4n) is 1.67. The maximum atomic E-state index is 4.27. The molecule has 0 saturated carbocycles. The quantitative estimate of drug-likeness (QED) is 0.845. The normalized spacial score (nSPS) is 11.1. The van der Waals surface area contributed by atoms with Crippen molar-refractivity contribution in [1.82, 2.24) is 4.98 Å². The number of thiazole rings is 1. The Hall–Kier alpha value is -1.09. The largest absolute Gasteiger partial charge is 0.382 e. The van der Waals surface area contributed by atoms with Gasteiger partial charge in [0.2, 0.25) is 0 Å². The molecule has 80 valence electrons. The standard InChI is InChI=1S/C12H16N2S/c1-3-9(4-2)14-10-5-6-11-12(7-10)15-8-13-11/h5-9,14H,3-4H2,1-2H3. The van der Waals surface area contributed by atoms with Gasteiger partial charge >= 0.3 is 0 Å². The number of benzene rings is 1. The van der Waals surface area contributed by atoms with Crippen molar-refractivity contribution in [1.29, 1.82) is 0 Å². The van der Waals surface area contributed by atoms with Gasteiger partial charge in [-0.1, -0.05) is 13.8 Å². The van der Waals surface area contributed by atoms with Crippen LogP contribution < -0.4 is 5.32 Å². The fraction of sp³-hybridized carbons (Fsp3) is 0.417. The zero-order chi connectivity index (χ0) is 10.7. The Morgan fingerprint density at radius 2 is 2.13 bits per heavy atom. The number of nitrogens with one attached hydrogen (secondary N) is 1. The third-order valence-corrected chi connectivity index (χ3v) is 3.48. The summed E-state index contributed by atoms with van der Waals surface area (Å²) in [6.07, 6.45) is 2.33. The lowest BCUT2D eigenvalue weighted by Crippen LogP contribution is -2.16. The van der Waals surface area contributed by atoms with E-state index in [9.17, 15) is 0 Å². The van der Waals surface area contributed by atoms with Crippen LogP contribution >= 0.6 is 11.3 Å². The van der Waals surface area contributed by atoms with Gasteiger partial charge < -0.3 is 5.32 Å². The van der Waals surface area contributed by atoms with E-state index < -0.39 is 0 Å². The average molecular weight is 220 g/mol. The van der Waals surface area contributed by atoms with Gasteiger partial charge in [0.1, 0.15) is 0 Å². The van der Waals surface area contributed by atoms with E-state index in [-0.39, 0.29) is 0 Å². The second-order valence-electron chi connectivity index (χ2n) is 3.69. The van der Waals surface area contributed by atoms with Crippen LogP contribution in [0.4, 0.5) is 5.69 Å². The Morgan fingerprint density at radius 1 is 1.33 bits per heavy atom. The summed E-state index contributed by atoms with van der Waals surface area (Å²) < 4.78 is 1.26. The van der Waals surface area contributed by atoms with Crippen LogP contribution in [0, 0.1) is 0 Å². The lowest BCUT2D eigenvalue weighted by molar-refractivity contribution is 0.672. The summed E-state index contributed by atoms with van der Waals surface area (Å²) in [4.78, 5) is 4.27. The molecule has 0 amide bonds. The summed E-state index contributed by atoms with van der Waals surface area (Å²) >= 11 is 1.69. The van der Waals surface area contributed by atoms with E-state index in [1.54, 1.807) is 11.3 Å². The Kier molecular flexibility index (Phi) is 3.21. The van der Waals surface area contributed by atoms with Gasteiger partial charge in [0.25, 0.3) is 0 Å². The topological polar surface area (TPSA) is 24.9 Å². The van der Waals surface area contributed by atoms with Crippen molar-refractivity contribution in [2.24, 2.45) is 0 Å². The zero-order valence-corrected chi connectivity index (χ0v) is 9.97. The zero-order valence-electron chi connectivity index (χ0n) is 9.16. The van der Waals surface area contributed by atoms with Crippen LogP contribution in [0.15, 0.2) is 23.7 Å². The van der Waals surface area contributed by atoms with Gasteiger partial charge in [0.05, 0.1) is 15.7 Å². The second-order valence-corrected chi connectivity index (χ2v) is 4.58. The minimum absolute atomic E-state index is 0.579. The van der Waals surface area contributed by atoms with Crippen LogP contribution in [0.2, 0.25) is 0 Å². The van der Waals surface area contributed by atoms with Crippen LogP contribution in [0.1, 0.15) is 26.7 Å². The molecule has 0 atom stereocenters. The van der Waals surface area contributed by atoms with Crippen LogP contribution in [-0.2, 0) is 0 Å². The van der Waals surface area contributed by atoms with Crippen LogP contribution in [0.5, 0.6) is 0 Å². The van der Waals surface area contributed by atoms with Gasteiger partial charge in [-0.2, -0.15) is 0 Å². The minimum atomic E-state index is 0.579. The molecule has 0 aliphatic rings. The third-order valence-electron chi connectivity index (χ3n) is 2.69. The molecule has 0 spiro atoms. The number of nitrogens with zero attached hydrogens (tertiary/aromatic N) is 1. The number of fused-ring (bicyclic) bond motifs is 1. The molecule has 1 N–H and O–H groups in total. The van der Waals surface area contributed by atoms with E-state index in [0.717, 1.165) is 18.4 Å². The smallest absolute Gasteiger partial charge is 0.0813 e. The molecule has 2 rings (SSSR count). The number of hydrogen-bond donors (Lipinski definition) is 1. The number of aromatic nitrogens is 1. The molecule has 0 radical (unpaired) electrons. The van der Waals surface area contributed by atoms with Crippen LogP contribution in [-0.4, -0.2) is 11.0 Å². The van der Waals surface area contributed by atoms with Crippen molar-refractivity contribution in [2.75, 3.05) is 5.32 Å². The van der Waals surface area contributed by atoms with Crippen molar-refractivity contribution in [2.45, 2.75) is 32.7 Å². The first-order valence-corrected chi connectivity index (χ1v) is 6.31. The molecule has 0 bridgehead atoms. The highest BCUT2D eigenvalue weighted by molar-refractivity contribution is 7.16. The molecule has 0 aliphatic carbocycles. The van der Waals surface area contributed by atoms with Crippen molar-refractivity contribution >= 4 is 27.2 Å². The van der Waals surface area contributed by atoms with Gasteiger partial charge in [0.15, 0.2) is 0 Å². The summed E-state index contributed by atoms with van der Waals surface area (Å²) in [5, 5.41) is 3.54. The summed E-state index contributed by atoms with van der Waals surface area (Å²) in [5.41, 5.74) is 4.20. The molecule has 0 fully saturated rings. The van der Waals surface area contributed by atoms with E-state index in [0.29, 0.717) is 6.04 Å². The first-order valence-electron chi connectivity index (χ1n) is 5.43. The lowest BCUT2D eigenvalue weighted by Gasteiger charge is -2.15. The fourth-order valence-corrected chi connectivity index (χ4v) is 2.39. The minimum Gasteiger partial charge on any atom is -0.382 e. The molecule has 3 heteroatoms. The van der Waals surface area contributed by atoms with E-state index in [1.165, 1.54) is 10.4 Å². The first-order chi connectivity index (χ1) is 7.33. The Bertz CT molecular complexity index is 432. The van der Waals surface area contributed by atoms with Crippen LogP contribution in [0.3, 0.4) is 0 Å². The van der Waals surface area contributed by atoms with Crippen molar-refractivity contribution < 1.29 is 0 Å². The number of hydrogen-bond acceptors (Lipinski definition) is 3. The molecular formula is C12H16N2S. The monoisotopic (exact) mass is 220 g/mol. The van der Waals surface area contributed by atoms with E-state index in [1.807, 2.05) is 5.51 Å². The maximum Gasteiger partial charge on any atom is 0.0813 e. The molecule has 0 saturated heterocycles. The van der Waals surface area contributed by atoms with Gasteiger partial charge in [-0.15, -0.1) is 11.3 Å². The summed E-state index contributed by atoms with van der Waals surface area (Å²) in [5.74, 6) is 0. The lowest BCUT2D eigenvalue weighted by atomic mass is 10.1. The molecule has 1 aromatic heterocycles. The first kappa shape index (κ1) is 10.4. The van der Waals surface area contributed by atoms with E-state index >= 15 is 0 Å². The van der Waals surface area contributed by atoms with Crippen molar-refractivity contribution in [3.63, 3.8) is 0 Å². The molecule has 1 heterocycles. The predicted octanol–water partition coefficient (Wildman–Crippen LogP) is 3.90. The molecule has 2 aromatic rings. The highest BCUT2D eigenvalue weighted by atomic mass is 32.1. The SMILES string of the molecule is CCC(CC)Nc1ccc2ncsc2c1. The predicted molar refractivity (Wildman–Crippen MR) is 67.6 cm³/mol. The summed E-state index contributed by atoms with van der Waals surface area (Å²) in [6.45, 7) is 4.43. The van der Waals surface area contributed by atoms with Crippen LogP contribution in [0.25, 0.3) is 10.2 Å². The summed E-state index contributed by atoms with van der Waals surface area (Å²) in [7, 11) is 0. The Morgan fingerprint density at radius 3 is 2.87 bits per heavy atom. The Labute approximate surface area is 94.3 Å². The maximum absolute atomic E-state index is 4.27. The molecule has 0 unspecified atom stereocenters. The molecule has 15 heavy (non-hydrogen) atoms. The summed E-state index contributed by atoms with van der Waals surface area (Å²) in [6, 6.07) is 6.96. The highest BCUT2D eigenvalue weighted by Crippen LogP contribution is 2.22. The molecular weight excluding hydrogens is 204 g/mol.